The van der Waals surface area contributed by atoms with Crippen molar-refractivity contribution < 1.29 is 50.8 Å². The van der Waals surface area contributed by atoms with E-state index in [-0.39, 0.29) is 16.9 Å². The van der Waals surface area contributed by atoms with E-state index in [1.54, 1.807) is 0 Å². The van der Waals surface area contributed by atoms with E-state index in [4.69, 9.17) is 24.3 Å². The molecule has 3 aliphatic rings. The molecular weight excluding hydrogens is 453 g/mol. The van der Waals surface area contributed by atoms with Crippen molar-refractivity contribution in [2.45, 2.75) is 30.9 Å². The second kappa shape index (κ2) is 7.97. The molecule has 32 heavy (non-hydrogen) atoms. The Bertz CT molecular complexity index is 1240. The molecule has 5 atom stereocenters. The number of carbonyl (C=O) groups is 1. The second-order valence-corrected chi connectivity index (χ2v) is 8.21. The SMILES string of the molecule is [2H]C([2H])(OP1(=O)OCc2cc(F)ccc2O1)[C@@]1(F)O[C@@]([2H])(N2C=C(C#C)C(=O)NC2=C)[C@H](O)[C@@H]1O. The third kappa shape index (κ3) is 3.91. The summed E-state index contributed by atoms with van der Waals surface area (Å²) in [6, 6.07) is 3.02. The predicted molar refractivity (Wildman–Crippen MR) is 102 cm³/mol. The number of nitrogens with zero attached hydrogens (tertiary/aromatic N) is 1. The fourth-order valence-electron chi connectivity index (χ4n) is 2.92. The van der Waals surface area contributed by atoms with E-state index < -0.39 is 62.8 Å². The minimum atomic E-state index is -4.93. The van der Waals surface area contributed by atoms with Crippen LogP contribution in [-0.4, -0.2) is 51.8 Å². The van der Waals surface area contributed by atoms with Gasteiger partial charge in [0, 0.05) is 11.8 Å². The van der Waals surface area contributed by atoms with E-state index >= 15 is 4.39 Å². The monoisotopic (exact) mass is 473 g/mol. The molecule has 0 radical (unpaired) electrons. The number of rotatable bonds is 4. The van der Waals surface area contributed by atoms with Crippen LogP contribution in [-0.2, 0) is 29.8 Å². The molecule has 13 heteroatoms. The van der Waals surface area contributed by atoms with Gasteiger partial charge in [-0.1, -0.05) is 12.5 Å². The Morgan fingerprint density at radius 1 is 1.56 bits per heavy atom. The number of amides is 1. The largest absolute Gasteiger partial charge is 0.530 e. The molecule has 3 heterocycles. The van der Waals surface area contributed by atoms with Crippen LogP contribution >= 0.6 is 7.82 Å². The maximum absolute atomic E-state index is 15.9. The molecule has 10 nitrogen and oxygen atoms in total. The number of phosphoric ester groups is 1. The van der Waals surface area contributed by atoms with Gasteiger partial charge in [0.05, 0.1) is 10.7 Å². The molecule has 1 saturated heterocycles. The minimum absolute atomic E-state index is 0.107. The summed E-state index contributed by atoms with van der Waals surface area (Å²) in [5.41, 5.74) is -0.274. The number of hydrogen-bond acceptors (Lipinski definition) is 9. The van der Waals surface area contributed by atoms with Crippen molar-refractivity contribution in [2.75, 3.05) is 6.56 Å². The number of phosphoric acid groups is 1. The van der Waals surface area contributed by atoms with Crippen LogP contribution in [0.4, 0.5) is 8.78 Å². The predicted octanol–water partition coefficient (Wildman–Crippen LogP) is 1.02. The summed E-state index contributed by atoms with van der Waals surface area (Å²) >= 11 is 0. The number of nitrogens with one attached hydrogen (secondary N) is 1. The Morgan fingerprint density at radius 3 is 3.03 bits per heavy atom. The molecule has 0 spiro atoms. The summed E-state index contributed by atoms with van der Waals surface area (Å²) in [6.45, 7) is -0.992. The molecule has 4 rings (SSSR count). The third-order valence-corrected chi connectivity index (χ3v) is 5.72. The van der Waals surface area contributed by atoms with Crippen molar-refractivity contribution in [2.24, 2.45) is 0 Å². The van der Waals surface area contributed by atoms with Gasteiger partial charge in [0.1, 0.15) is 41.7 Å². The summed E-state index contributed by atoms with van der Waals surface area (Å²) in [4.78, 5) is 12.4. The Labute approximate surface area is 184 Å². The van der Waals surface area contributed by atoms with Crippen LogP contribution in [0.3, 0.4) is 0 Å². The highest BCUT2D eigenvalue weighted by molar-refractivity contribution is 7.49. The van der Waals surface area contributed by atoms with E-state index in [1.165, 1.54) is 0 Å². The number of halogens is 2. The van der Waals surface area contributed by atoms with Crippen LogP contribution in [0, 0.1) is 18.2 Å². The molecule has 0 saturated carbocycles. The topological polar surface area (TPSA) is 127 Å². The van der Waals surface area contributed by atoms with E-state index in [0.29, 0.717) is 4.90 Å². The number of alkyl halides is 1. The van der Waals surface area contributed by atoms with Gasteiger partial charge >= 0.3 is 7.82 Å². The summed E-state index contributed by atoms with van der Waals surface area (Å²) in [5.74, 6) is -4.14. The number of ether oxygens (including phenoxy) is 1. The summed E-state index contributed by atoms with van der Waals surface area (Å²) in [6.07, 6.45) is -2.34. The van der Waals surface area contributed by atoms with E-state index in [0.717, 1.165) is 24.4 Å². The van der Waals surface area contributed by atoms with Crippen LogP contribution < -0.4 is 9.84 Å². The maximum Gasteiger partial charge on any atom is 0.530 e. The van der Waals surface area contributed by atoms with Crippen molar-refractivity contribution in [3.63, 3.8) is 0 Å². The first kappa shape index (κ1) is 18.8. The van der Waals surface area contributed by atoms with Gasteiger partial charge < -0.3 is 29.7 Å². The molecule has 0 bridgehead atoms. The van der Waals surface area contributed by atoms with Crippen LogP contribution in [0.1, 0.15) is 9.68 Å². The normalized spacial score (nSPS) is 38.4. The van der Waals surface area contributed by atoms with E-state index in [9.17, 15) is 24.0 Å². The van der Waals surface area contributed by atoms with E-state index in [1.807, 2.05) is 5.92 Å². The fraction of sp³-hybridized carbons (Fsp3) is 0.316. The summed E-state index contributed by atoms with van der Waals surface area (Å²) in [5, 5.41) is 23.0. The number of benzene rings is 1. The Balaban J connectivity index is 1.64. The molecule has 1 unspecified atom stereocenters. The van der Waals surface area contributed by atoms with Crippen molar-refractivity contribution in [3.05, 3.63) is 53.8 Å². The average molecular weight is 473 g/mol. The van der Waals surface area contributed by atoms with Gasteiger partial charge in [0.2, 0.25) is 0 Å². The molecule has 170 valence electrons. The smallest absolute Gasteiger partial charge is 0.404 e. The molecule has 1 aromatic rings. The Kier molecular flexibility index (Phi) is 4.67. The highest BCUT2D eigenvalue weighted by atomic mass is 31.2. The lowest BCUT2D eigenvalue weighted by molar-refractivity contribution is -0.208. The lowest BCUT2D eigenvalue weighted by Gasteiger charge is -2.33. The molecular formula is C19H17F2N2O8P. The number of aliphatic hydroxyl groups excluding tert-OH is 2. The van der Waals surface area contributed by atoms with Crippen molar-refractivity contribution in [3.8, 4) is 18.1 Å². The van der Waals surface area contributed by atoms with Gasteiger partial charge in [0.25, 0.3) is 11.8 Å². The quantitative estimate of drug-likeness (QED) is 0.434. The van der Waals surface area contributed by atoms with Crippen LogP contribution in [0.15, 0.2) is 42.4 Å². The molecule has 3 N–H and O–H groups in total. The van der Waals surface area contributed by atoms with Gasteiger partial charge in [-0.2, -0.15) is 0 Å². The molecule has 1 fully saturated rings. The van der Waals surface area contributed by atoms with Gasteiger partial charge in [-0.25, -0.2) is 13.3 Å². The summed E-state index contributed by atoms with van der Waals surface area (Å²) in [7, 11) is -4.93. The lowest BCUT2D eigenvalue weighted by atomic mass is 10.1. The molecule has 1 amide bonds. The molecule has 3 aliphatic heterocycles. The molecule has 0 aliphatic carbocycles. The number of fused-ring (bicyclic) bond motifs is 1. The van der Waals surface area contributed by atoms with Crippen molar-refractivity contribution >= 4 is 13.7 Å². The van der Waals surface area contributed by atoms with Crippen LogP contribution in [0.5, 0.6) is 5.75 Å². The zero-order valence-electron chi connectivity index (χ0n) is 18.9. The van der Waals surface area contributed by atoms with Crippen LogP contribution in [0.25, 0.3) is 0 Å². The fourth-order valence-corrected chi connectivity index (χ4v) is 4.01. The van der Waals surface area contributed by atoms with Gasteiger partial charge in [-0.15, -0.1) is 6.42 Å². The lowest BCUT2D eigenvalue weighted by Crippen LogP contribution is -2.47. The minimum Gasteiger partial charge on any atom is -0.404 e. The Morgan fingerprint density at radius 2 is 2.31 bits per heavy atom. The zero-order chi connectivity index (χ0) is 26.0. The first-order chi connectivity index (χ1) is 16.2. The number of terminal acetylenes is 1. The molecule has 1 aromatic carbocycles. The van der Waals surface area contributed by atoms with Crippen LogP contribution in [0.2, 0.25) is 0 Å². The Hall–Kier alpha value is -2.78. The zero-order valence-corrected chi connectivity index (χ0v) is 16.8. The average Bonchev–Trinajstić information content (AvgIpc) is 2.95. The van der Waals surface area contributed by atoms with Gasteiger partial charge in [-0.05, 0) is 18.2 Å². The first-order valence-corrected chi connectivity index (χ1v) is 10.3. The highest BCUT2D eigenvalue weighted by Gasteiger charge is 2.58. The molecule has 0 aromatic heterocycles. The highest BCUT2D eigenvalue weighted by Crippen LogP contribution is 2.55. The van der Waals surface area contributed by atoms with Gasteiger partial charge in [-0.3, -0.25) is 13.8 Å². The number of carbonyl (C=O) groups excluding carboxylic acids is 1. The van der Waals surface area contributed by atoms with Crippen molar-refractivity contribution in [1.29, 1.82) is 0 Å². The van der Waals surface area contributed by atoms with Gasteiger partial charge in [0.15, 0.2) is 6.20 Å². The first-order valence-electron chi connectivity index (χ1n) is 10.3. The van der Waals surface area contributed by atoms with E-state index in [2.05, 4.69) is 16.4 Å². The third-order valence-electron chi connectivity index (χ3n) is 4.54. The number of aliphatic hydroxyl groups is 2. The standard InChI is InChI=1S/C19H17F2N2O8P/c1-3-11-7-23(10(2)22-17(11)26)18-15(24)16(25)19(21,30-18)9-29-32(27)28-8-12-6-13(20)4-5-14(12)31-32/h1,4-7,15-16,18,24-25H,2,8-9H2,(H,22,26)/t15-,16+,18-,19-,32?/m1/s1/i9D2,18D. The van der Waals surface area contributed by atoms with Crippen molar-refractivity contribution in [1.82, 2.24) is 10.2 Å². The maximum atomic E-state index is 15.9. The number of hydrogen-bond donors (Lipinski definition) is 3. The summed E-state index contributed by atoms with van der Waals surface area (Å²) < 4.78 is 86.0. The second-order valence-electron chi connectivity index (χ2n) is 6.69.